The number of rotatable bonds is 6. The number of pyridine rings is 1. The Balaban J connectivity index is 2.12. The lowest BCUT2D eigenvalue weighted by Crippen LogP contribution is -2.05. The van der Waals surface area contributed by atoms with Gasteiger partial charge in [0.2, 0.25) is 0 Å². The smallest absolute Gasteiger partial charge is 0.126 e. The van der Waals surface area contributed by atoms with Crippen LogP contribution in [-0.4, -0.2) is 18.6 Å². The number of ether oxygens (including phenoxy) is 2. The van der Waals surface area contributed by atoms with Gasteiger partial charge in [-0.05, 0) is 42.3 Å². The van der Waals surface area contributed by atoms with Crippen LogP contribution in [0.1, 0.15) is 11.1 Å². The summed E-state index contributed by atoms with van der Waals surface area (Å²) in [5.41, 5.74) is 7.79. The van der Waals surface area contributed by atoms with Gasteiger partial charge >= 0.3 is 0 Å². The topological polar surface area (TPSA) is 57.4 Å². The van der Waals surface area contributed by atoms with Crippen LogP contribution in [0.15, 0.2) is 42.7 Å². The molecule has 2 rings (SSSR count). The molecule has 0 spiro atoms. The quantitative estimate of drug-likeness (QED) is 0.862. The zero-order valence-electron chi connectivity index (χ0n) is 11.0. The van der Waals surface area contributed by atoms with E-state index in [0.29, 0.717) is 13.2 Å². The molecule has 19 heavy (non-hydrogen) atoms. The Morgan fingerprint density at radius 3 is 2.63 bits per heavy atom. The van der Waals surface area contributed by atoms with Crippen molar-refractivity contribution in [1.29, 1.82) is 0 Å². The molecular formula is C15H18N2O2. The van der Waals surface area contributed by atoms with E-state index in [1.165, 1.54) is 0 Å². The summed E-state index contributed by atoms with van der Waals surface area (Å²) in [6.45, 7) is 1.10. The minimum atomic E-state index is 0.507. The molecule has 0 unspecified atom stereocenters. The summed E-state index contributed by atoms with van der Waals surface area (Å²) in [5, 5.41) is 0. The predicted molar refractivity (Wildman–Crippen MR) is 74.3 cm³/mol. The number of benzene rings is 1. The van der Waals surface area contributed by atoms with Crippen molar-refractivity contribution in [3.63, 3.8) is 0 Å². The first kappa shape index (κ1) is 13.4. The van der Waals surface area contributed by atoms with Crippen LogP contribution in [0.5, 0.6) is 11.5 Å². The molecule has 0 fully saturated rings. The largest absolute Gasteiger partial charge is 0.497 e. The Morgan fingerprint density at radius 1 is 1.16 bits per heavy atom. The fourth-order valence-electron chi connectivity index (χ4n) is 1.80. The Labute approximate surface area is 113 Å². The average molecular weight is 258 g/mol. The normalized spacial score (nSPS) is 10.2. The van der Waals surface area contributed by atoms with Gasteiger partial charge in [-0.3, -0.25) is 4.98 Å². The molecule has 0 amide bonds. The molecule has 2 N–H and O–H groups in total. The van der Waals surface area contributed by atoms with Crippen molar-refractivity contribution in [1.82, 2.24) is 4.98 Å². The van der Waals surface area contributed by atoms with Gasteiger partial charge in [-0.1, -0.05) is 6.07 Å². The SMILES string of the molecule is COc1ccc(CCN)c(OCc2ccncc2)c1. The first-order valence-corrected chi connectivity index (χ1v) is 6.22. The van der Waals surface area contributed by atoms with Gasteiger partial charge in [0.25, 0.3) is 0 Å². The summed E-state index contributed by atoms with van der Waals surface area (Å²) in [7, 11) is 1.64. The van der Waals surface area contributed by atoms with Crippen LogP contribution < -0.4 is 15.2 Å². The molecule has 0 aliphatic heterocycles. The summed E-state index contributed by atoms with van der Waals surface area (Å²) in [6.07, 6.45) is 4.30. The molecule has 4 nitrogen and oxygen atoms in total. The molecule has 0 saturated carbocycles. The Morgan fingerprint density at radius 2 is 1.95 bits per heavy atom. The van der Waals surface area contributed by atoms with Crippen LogP contribution >= 0.6 is 0 Å². The van der Waals surface area contributed by atoms with Crippen molar-refractivity contribution in [3.8, 4) is 11.5 Å². The van der Waals surface area contributed by atoms with Gasteiger partial charge in [0.15, 0.2) is 0 Å². The van der Waals surface area contributed by atoms with Crippen molar-refractivity contribution >= 4 is 0 Å². The second kappa shape index (κ2) is 6.75. The highest BCUT2D eigenvalue weighted by Crippen LogP contribution is 2.25. The van der Waals surface area contributed by atoms with Crippen LogP contribution in [0.3, 0.4) is 0 Å². The second-order valence-electron chi connectivity index (χ2n) is 4.16. The van der Waals surface area contributed by atoms with E-state index in [2.05, 4.69) is 4.98 Å². The van der Waals surface area contributed by atoms with E-state index < -0.39 is 0 Å². The monoisotopic (exact) mass is 258 g/mol. The third-order valence-corrected chi connectivity index (χ3v) is 2.83. The highest BCUT2D eigenvalue weighted by atomic mass is 16.5. The predicted octanol–water partition coefficient (Wildman–Crippen LogP) is 2.17. The molecule has 100 valence electrons. The number of nitrogens with two attached hydrogens (primary N) is 1. The molecule has 4 heteroatoms. The van der Waals surface area contributed by atoms with E-state index >= 15 is 0 Å². The second-order valence-corrected chi connectivity index (χ2v) is 4.16. The number of nitrogens with zero attached hydrogens (tertiary/aromatic N) is 1. The summed E-state index contributed by atoms with van der Waals surface area (Å²) in [5.74, 6) is 1.60. The van der Waals surface area contributed by atoms with Crippen LogP contribution in [0.25, 0.3) is 0 Å². The van der Waals surface area contributed by atoms with Crippen molar-refractivity contribution < 1.29 is 9.47 Å². The lowest BCUT2D eigenvalue weighted by Gasteiger charge is -2.12. The molecule has 0 aliphatic carbocycles. The molecule has 0 aliphatic rings. The van der Waals surface area contributed by atoms with E-state index in [4.69, 9.17) is 15.2 Å². The summed E-state index contributed by atoms with van der Waals surface area (Å²) in [6, 6.07) is 9.68. The Kier molecular flexibility index (Phi) is 4.75. The van der Waals surface area contributed by atoms with Crippen LogP contribution in [0.4, 0.5) is 0 Å². The number of methoxy groups -OCH3 is 1. The molecule has 0 atom stereocenters. The van der Waals surface area contributed by atoms with Gasteiger partial charge in [0.1, 0.15) is 18.1 Å². The van der Waals surface area contributed by atoms with Crippen molar-refractivity contribution in [2.75, 3.05) is 13.7 Å². The maximum absolute atomic E-state index is 5.85. The molecular weight excluding hydrogens is 240 g/mol. The average Bonchev–Trinajstić information content (AvgIpc) is 2.47. The zero-order valence-corrected chi connectivity index (χ0v) is 11.0. The minimum absolute atomic E-state index is 0.507. The minimum Gasteiger partial charge on any atom is -0.497 e. The van der Waals surface area contributed by atoms with Gasteiger partial charge in [-0.2, -0.15) is 0 Å². The molecule has 2 aromatic rings. The maximum Gasteiger partial charge on any atom is 0.126 e. The maximum atomic E-state index is 5.85. The van der Waals surface area contributed by atoms with Crippen LogP contribution in [0, 0.1) is 0 Å². The number of aromatic nitrogens is 1. The van der Waals surface area contributed by atoms with E-state index in [1.807, 2.05) is 30.3 Å². The Hall–Kier alpha value is -2.07. The summed E-state index contributed by atoms with van der Waals surface area (Å²) < 4.78 is 11.1. The van der Waals surface area contributed by atoms with Crippen molar-refractivity contribution in [3.05, 3.63) is 53.9 Å². The van der Waals surface area contributed by atoms with Crippen LogP contribution in [-0.2, 0) is 13.0 Å². The first-order chi connectivity index (χ1) is 9.33. The van der Waals surface area contributed by atoms with Crippen LogP contribution in [0.2, 0.25) is 0 Å². The van der Waals surface area contributed by atoms with Gasteiger partial charge in [-0.25, -0.2) is 0 Å². The highest BCUT2D eigenvalue weighted by molar-refractivity contribution is 5.41. The molecule has 0 saturated heterocycles. The van der Waals surface area contributed by atoms with Crippen molar-refractivity contribution in [2.45, 2.75) is 13.0 Å². The van der Waals surface area contributed by atoms with E-state index in [1.54, 1.807) is 19.5 Å². The van der Waals surface area contributed by atoms with E-state index in [-0.39, 0.29) is 0 Å². The Bertz CT molecular complexity index is 515. The molecule has 1 aromatic carbocycles. The molecule has 1 aromatic heterocycles. The fourth-order valence-corrected chi connectivity index (χ4v) is 1.80. The van der Waals surface area contributed by atoms with Gasteiger partial charge in [-0.15, -0.1) is 0 Å². The summed E-state index contributed by atoms with van der Waals surface area (Å²) in [4.78, 5) is 3.98. The van der Waals surface area contributed by atoms with E-state index in [9.17, 15) is 0 Å². The van der Waals surface area contributed by atoms with Gasteiger partial charge in [0, 0.05) is 18.5 Å². The van der Waals surface area contributed by atoms with Crippen molar-refractivity contribution in [2.24, 2.45) is 5.73 Å². The summed E-state index contributed by atoms with van der Waals surface area (Å²) >= 11 is 0. The first-order valence-electron chi connectivity index (χ1n) is 6.22. The third kappa shape index (κ3) is 3.69. The number of hydrogen-bond acceptors (Lipinski definition) is 4. The lowest BCUT2D eigenvalue weighted by molar-refractivity contribution is 0.300. The standard InChI is InChI=1S/C15H18N2O2/c1-18-14-3-2-13(4-7-16)15(10-14)19-11-12-5-8-17-9-6-12/h2-3,5-6,8-10H,4,7,11,16H2,1H3. The molecule has 0 bridgehead atoms. The van der Waals surface area contributed by atoms with Gasteiger partial charge < -0.3 is 15.2 Å². The lowest BCUT2D eigenvalue weighted by atomic mass is 10.1. The van der Waals surface area contributed by atoms with Gasteiger partial charge in [0.05, 0.1) is 7.11 Å². The molecule has 0 radical (unpaired) electrons. The number of hydrogen-bond donors (Lipinski definition) is 1. The molecule has 1 heterocycles. The third-order valence-electron chi connectivity index (χ3n) is 2.83. The highest BCUT2D eigenvalue weighted by Gasteiger charge is 2.05. The fraction of sp³-hybridized carbons (Fsp3) is 0.267. The zero-order chi connectivity index (χ0) is 13.5. The van der Waals surface area contributed by atoms with E-state index in [0.717, 1.165) is 29.0 Å².